The minimum atomic E-state index is -3.79. The van der Waals surface area contributed by atoms with E-state index in [-0.39, 0.29) is 16.8 Å². The largest absolute Gasteiger partial charge is 0.345 e. The van der Waals surface area contributed by atoms with Crippen molar-refractivity contribution < 1.29 is 13.2 Å². The zero-order valence-electron chi connectivity index (χ0n) is 18.3. The van der Waals surface area contributed by atoms with Gasteiger partial charge in [-0.05, 0) is 55.7 Å². The number of carbonyl (C=O) groups excluding carboxylic acids is 1. The summed E-state index contributed by atoms with van der Waals surface area (Å²) in [4.78, 5) is 13.4. The maximum Gasteiger partial charge on any atom is 0.264 e. The predicted octanol–water partition coefficient (Wildman–Crippen LogP) is 5.01. The van der Waals surface area contributed by atoms with E-state index in [9.17, 15) is 13.2 Å². The smallest absolute Gasteiger partial charge is 0.264 e. The first-order valence-electron chi connectivity index (χ1n) is 10.3. The summed E-state index contributed by atoms with van der Waals surface area (Å²) in [5.41, 5.74) is 3.99. The molecule has 0 aliphatic heterocycles. The molecule has 5 nitrogen and oxygen atoms in total. The Balaban J connectivity index is 1.93. The number of hydrogen-bond donors (Lipinski definition) is 1. The van der Waals surface area contributed by atoms with Crippen LogP contribution in [-0.4, -0.2) is 21.4 Å². The maximum absolute atomic E-state index is 13.2. The number of nitrogens with zero attached hydrogens (tertiary/aromatic N) is 1. The number of benzene rings is 3. The Bertz CT molecular complexity index is 1170. The third kappa shape index (κ3) is 4.80. The molecular formula is C25H28N2O3S. The van der Waals surface area contributed by atoms with E-state index in [4.69, 9.17) is 0 Å². The number of nitrogens with one attached hydrogen (secondary N) is 1. The average Bonchev–Trinajstić information content (AvgIpc) is 2.77. The maximum atomic E-state index is 13.2. The molecule has 0 aliphatic carbocycles. The molecule has 0 aliphatic rings. The molecule has 0 saturated carbocycles. The van der Waals surface area contributed by atoms with Crippen molar-refractivity contribution in [3.8, 4) is 0 Å². The summed E-state index contributed by atoms with van der Waals surface area (Å²) in [6.07, 6.45) is 0.718. The molecule has 3 aromatic rings. The van der Waals surface area contributed by atoms with Gasteiger partial charge in [0.1, 0.15) is 0 Å². The number of hydrogen-bond acceptors (Lipinski definition) is 3. The molecule has 3 rings (SSSR count). The van der Waals surface area contributed by atoms with Gasteiger partial charge < -0.3 is 5.32 Å². The van der Waals surface area contributed by atoms with Gasteiger partial charge in [0, 0.05) is 7.05 Å². The monoisotopic (exact) mass is 436 g/mol. The molecule has 0 radical (unpaired) electrons. The second-order valence-corrected chi connectivity index (χ2v) is 9.57. The zero-order valence-corrected chi connectivity index (χ0v) is 19.1. The number of anilines is 1. The molecule has 0 bridgehead atoms. The van der Waals surface area contributed by atoms with Crippen LogP contribution in [0.2, 0.25) is 0 Å². The number of carbonyl (C=O) groups is 1. The van der Waals surface area contributed by atoms with Crippen LogP contribution < -0.4 is 9.62 Å². The van der Waals surface area contributed by atoms with Crippen molar-refractivity contribution in [2.75, 3.05) is 11.4 Å². The summed E-state index contributed by atoms with van der Waals surface area (Å²) in [7, 11) is -2.32. The third-order valence-corrected chi connectivity index (χ3v) is 7.19. The highest BCUT2D eigenvalue weighted by Crippen LogP contribution is 2.27. The molecular weight excluding hydrogens is 408 g/mol. The zero-order chi connectivity index (χ0) is 22.6. The van der Waals surface area contributed by atoms with Gasteiger partial charge in [0.25, 0.3) is 15.9 Å². The highest BCUT2D eigenvalue weighted by molar-refractivity contribution is 7.92. The Morgan fingerprint density at radius 2 is 1.61 bits per heavy atom. The molecule has 162 valence electrons. The van der Waals surface area contributed by atoms with Crippen molar-refractivity contribution in [3.05, 3.63) is 95.1 Å². The van der Waals surface area contributed by atoms with E-state index < -0.39 is 10.0 Å². The number of para-hydroxylation sites is 1. The minimum absolute atomic E-state index is 0.169. The summed E-state index contributed by atoms with van der Waals surface area (Å²) in [5, 5.41) is 3.09. The summed E-state index contributed by atoms with van der Waals surface area (Å²) in [6, 6.07) is 21.0. The first-order valence-corrected chi connectivity index (χ1v) is 11.7. The molecule has 0 spiro atoms. The van der Waals surface area contributed by atoms with Gasteiger partial charge in [0.15, 0.2) is 0 Å². The van der Waals surface area contributed by atoms with Gasteiger partial charge in [-0.25, -0.2) is 8.42 Å². The fourth-order valence-corrected chi connectivity index (χ4v) is 4.91. The van der Waals surface area contributed by atoms with E-state index in [1.807, 2.05) is 32.9 Å². The van der Waals surface area contributed by atoms with Gasteiger partial charge in [-0.3, -0.25) is 9.10 Å². The minimum Gasteiger partial charge on any atom is -0.345 e. The highest BCUT2D eigenvalue weighted by atomic mass is 32.2. The lowest BCUT2D eigenvalue weighted by atomic mass is 9.97. The first kappa shape index (κ1) is 22.6. The first-order chi connectivity index (χ1) is 14.8. The summed E-state index contributed by atoms with van der Waals surface area (Å²) >= 11 is 0. The van der Waals surface area contributed by atoms with Crippen molar-refractivity contribution >= 4 is 21.6 Å². The van der Waals surface area contributed by atoms with E-state index in [0.29, 0.717) is 11.3 Å². The topological polar surface area (TPSA) is 66.5 Å². The van der Waals surface area contributed by atoms with E-state index in [1.54, 1.807) is 54.6 Å². The molecule has 1 unspecified atom stereocenters. The van der Waals surface area contributed by atoms with E-state index in [2.05, 4.69) is 11.4 Å². The van der Waals surface area contributed by atoms with Crippen molar-refractivity contribution in [1.82, 2.24) is 5.32 Å². The number of amides is 1. The van der Waals surface area contributed by atoms with Gasteiger partial charge in [0.2, 0.25) is 0 Å². The molecule has 0 heterocycles. The molecule has 0 aromatic heterocycles. The van der Waals surface area contributed by atoms with Crippen LogP contribution in [0.25, 0.3) is 0 Å². The van der Waals surface area contributed by atoms with E-state index >= 15 is 0 Å². The Kier molecular flexibility index (Phi) is 6.81. The Morgan fingerprint density at radius 1 is 0.968 bits per heavy atom. The average molecular weight is 437 g/mol. The second-order valence-electron chi connectivity index (χ2n) is 7.60. The normalized spacial score (nSPS) is 12.3. The van der Waals surface area contributed by atoms with Gasteiger partial charge in [-0.2, -0.15) is 0 Å². The molecule has 6 heteroatoms. The van der Waals surface area contributed by atoms with Crippen LogP contribution in [0.4, 0.5) is 5.69 Å². The SMILES string of the molecule is CCC(NC(=O)c1ccccc1N(C)S(=O)(=O)c1ccccc1)c1ccc(C)cc1C. The van der Waals surface area contributed by atoms with Crippen LogP contribution in [-0.2, 0) is 10.0 Å². The molecule has 0 fully saturated rings. The lowest BCUT2D eigenvalue weighted by molar-refractivity contribution is 0.0936. The third-order valence-electron chi connectivity index (χ3n) is 5.40. The standard InChI is InChI=1S/C25H28N2O3S/c1-5-23(21-16-15-18(2)17-19(21)3)26-25(28)22-13-9-10-14-24(22)27(4)31(29,30)20-11-7-6-8-12-20/h6-17,23H,5H2,1-4H3,(H,26,28). The molecule has 1 atom stereocenters. The summed E-state index contributed by atoms with van der Waals surface area (Å²) in [5.74, 6) is -0.308. The van der Waals surface area contributed by atoms with Crippen LogP contribution in [0.5, 0.6) is 0 Å². The van der Waals surface area contributed by atoms with Crippen molar-refractivity contribution in [2.24, 2.45) is 0 Å². The van der Waals surface area contributed by atoms with Gasteiger partial charge in [-0.15, -0.1) is 0 Å². The number of sulfonamides is 1. The Hall–Kier alpha value is -3.12. The summed E-state index contributed by atoms with van der Waals surface area (Å²) < 4.78 is 27.3. The lowest BCUT2D eigenvalue weighted by Gasteiger charge is -2.24. The predicted molar refractivity (Wildman–Crippen MR) is 125 cm³/mol. The number of aryl methyl sites for hydroxylation is 2. The Morgan fingerprint density at radius 3 is 2.26 bits per heavy atom. The second kappa shape index (κ2) is 9.35. The van der Waals surface area contributed by atoms with E-state index in [0.717, 1.165) is 21.9 Å². The Labute approximate surface area is 184 Å². The van der Waals surface area contributed by atoms with Crippen molar-refractivity contribution in [1.29, 1.82) is 0 Å². The molecule has 1 N–H and O–H groups in total. The van der Waals surface area contributed by atoms with Crippen molar-refractivity contribution in [2.45, 2.75) is 38.1 Å². The van der Waals surface area contributed by atoms with Crippen LogP contribution in [0, 0.1) is 13.8 Å². The van der Waals surface area contributed by atoms with Gasteiger partial charge >= 0.3 is 0 Å². The highest BCUT2D eigenvalue weighted by Gasteiger charge is 2.26. The molecule has 3 aromatic carbocycles. The molecule has 0 saturated heterocycles. The quantitative estimate of drug-likeness (QED) is 0.566. The molecule has 1 amide bonds. The lowest BCUT2D eigenvalue weighted by Crippen LogP contribution is -2.32. The van der Waals surface area contributed by atoms with Crippen molar-refractivity contribution in [3.63, 3.8) is 0 Å². The summed E-state index contributed by atoms with van der Waals surface area (Å²) in [6.45, 7) is 6.09. The van der Waals surface area contributed by atoms with Crippen LogP contribution in [0.1, 0.15) is 46.4 Å². The van der Waals surface area contributed by atoms with Crippen LogP contribution in [0.3, 0.4) is 0 Å². The number of rotatable bonds is 7. The van der Waals surface area contributed by atoms with Crippen LogP contribution >= 0.6 is 0 Å². The molecule has 31 heavy (non-hydrogen) atoms. The fraction of sp³-hybridized carbons (Fsp3) is 0.240. The van der Waals surface area contributed by atoms with E-state index in [1.165, 1.54) is 12.6 Å². The van der Waals surface area contributed by atoms with Gasteiger partial charge in [-0.1, -0.05) is 61.0 Å². The van der Waals surface area contributed by atoms with Crippen LogP contribution in [0.15, 0.2) is 77.7 Å². The fourth-order valence-electron chi connectivity index (χ4n) is 3.67. The van der Waals surface area contributed by atoms with Gasteiger partial charge in [0.05, 0.1) is 22.2 Å².